The molecule has 1 aromatic heterocycles. The van der Waals surface area contributed by atoms with E-state index in [1.165, 1.54) is 23.0 Å². The van der Waals surface area contributed by atoms with Gasteiger partial charge in [-0.15, -0.1) is 0 Å². The highest BCUT2D eigenvalue weighted by atomic mass is 19.1. The van der Waals surface area contributed by atoms with Crippen molar-refractivity contribution in [3.05, 3.63) is 59.3 Å². The molecule has 36 heavy (non-hydrogen) atoms. The molecule has 5 rings (SSSR count). The molecule has 2 aliphatic rings. The fraction of sp³-hybridized carbons (Fsp3) is 0.517. The lowest BCUT2D eigenvalue weighted by molar-refractivity contribution is -0.00524. The third kappa shape index (κ3) is 5.37. The van der Waals surface area contributed by atoms with Crippen molar-refractivity contribution < 1.29 is 13.5 Å². The fourth-order valence-corrected chi connectivity index (χ4v) is 6.02. The first-order valence-electron chi connectivity index (χ1n) is 13.3. The van der Waals surface area contributed by atoms with Crippen LogP contribution in [0.5, 0.6) is 0 Å². The number of benzene rings is 2. The summed E-state index contributed by atoms with van der Waals surface area (Å²) in [5.41, 5.74) is 5.40. The van der Waals surface area contributed by atoms with Crippen molar-refractivity contribution in [2.24, 2.45) is 0 Å². The van der Waals surface area contributed by atoms with Gasteiger partial charge in [-0.05, 0) is 82.4 Å². The van der Waals surface area contributed by atoms with E-state index in [4.69, 9.17) is 4.74 Å². The second-order valence-electron chi connectivity index (χ2n) is 10.5. The van der Waals surface area contributed by atoms with Crippen molar-refractivity contribution in [2.75, 3.05) is 55.6 Å². The lowest BCUT2D eigenvalue weighted by atomic mass is 10.1. The van der Waals surface area contributed by atoms with Crippen LogP contribution < -0.4 is 9.80 Å². The molecule has 2 fully saturated rings. The van der Waals surface area contributed by atoms with Crippen molar-refractivity contribution in [3.8, 4) is 0 Å². The molecule has 0 spiro atoms. The van der Waals surface area contributed by atoms with E-state index in [2.05, 4.69) is 58.7 Å². The van der Waals surface area contributed by atoms with Crippen molar-refractivity contribution in [2.45, 2.75) is 52.2 Å². The zero-order chi connectivity index (χ0) is 25.2. The number of rotatable bonds is 6. The number of nitrogens with one attached hydrogen (secondary N) is 1. The number of H-pyrrole nitrogens is 1. The molecule has 3 aromatic rings. The molecule has 0 saturated carbocycles. The van der Waals surface area contributed by atoms with Crippen molar-refractivity contribution in [1.29, 1.82) is 0 Å². The summed E-state index contributed by atoms with van der Waals surface area (Å²) in [5, 5.41) is 0.661. The Bertz CT molecular complexity index is 1190. The number of nitrogens with zero attached hydrogens (tertiary/aromatic N) is 3. The molecule has 0 bridgehead atoms. The third-order valence-electron chi connectivity index (χ3n) is 7.68. The van der Waals surface area contributed by atoms with Gasteiger partial charge in [0.2, 0.25) is 0 Å². The molecule has 0 amide bonds. The summed E-state index contributed by atoms with van der Waals surface area (Å²) in [6.07, 6.45) is 5.20. The first-order valence-corrected chi connectivity index (χ1v) is 13.3. The van der Waals surface area contributed by atoms with Gasteiger partial charge in [-0.2, -0.15) is 0 Å². The van der Waals surface area contributed by atoms with E-state index in [0.717, 1.165) is 76.7 Å². The normalized spacial score (nSPS) is 21.8. The van der Waals surface area contributed by atoms with Crippen LogP contribution >= 0.6 is 0 Å². The van der Waals surface area contributed by atoms with E-state index in [1.54, 1.807) is 0 Å². The predicted octanol–water partition coefficient (Wildman–Crippen LogP) is 5.51. The number of aromatic amines is 1. The molecule has 5 nitrogen and oxygen atoms in total. The van der Waals surface area contributed by atoms with E-state index in [-0.39, 0.29) is 12.2 Å². The molecular weight excluding hydrogens is 458 g/mol. The average molecular weight is 497 g/mol. The Morgan fingerprint density at radius 2 is 1.72 bits per heavy atom. The maximum Gasteiger partial charge on any atom is 0.150 e. The summed E-state index contributed by atoms with van der Waals surface area (Å²) < 4.78 is 33.7. The van der Waals surface area contributed by atoms with Crippen LogP contribution in [0.15, 0.2) is 36.5 Å². The standard InChI is InChI=1S/C29H38F2N4O/c1-20-18-35(19-21(2)36-20)28-9-4-8-27(22(28)3)34-12-6-11-33(13-14-34)10-5-7-23-17-32-29-25(23)15-24(30)16-26(29)31/h4,8-9,15-17,20-21,32H,5-7,10-14,18-19H2,1-3H3. The van der Waals surface area contributed by atoms with Gasteiger partial charge in [-0.1, -0.05) is 6.07 Å². The molecule has 7 heteroatoms. The lowest BCUT2D eigenvalue weighted by Gasteiger charge is -2.38. The number of hydrogen-bond donors (Lipinski definition) is 1. The number of ether oxygens (including phenoxy) is 1. The number of aromatic nitrogens is 1. The molecule has 194 valence electrons. The minimum Gasteiger partial charge on any atom is -0.372 e. The lowest BCUT2D eigenvalue weighted by Crippen LogP contribution is -2.45. The summed E-state index contributed by atoms with van der Waals surface area (Å²) in [6.45, 7) is 13.6. The minimum atomic E-state index is -0.527. The van der Waals surface area contributed by atoms with E-state index in [0.29, 0.717) is 10.9 Å². The first kappa shape index (κ1) is 25.0. The van der Waals surface area contributed by atoms with Gasteiger partial charge < -0.3 is 24.4 Å². The van der Waals surface area contributed by atoms with Crippen molar-refractivity contribution in [3.63, 3.8) is 0 Å². The van der Waals surface area contributed by atoms with Crippen molar-refractivity contribution in [1.82, 2.24) is 9.88 Å². The van der Waals surface area contributed by atoms with Crippen LogP contribution in [0.1, 0.15) is 37.8 Å². The average Bonchev–Trinajstić information content (AvgIpc) is 3.08. The van der Waals surface area contributed by atoms with E-state index < -0.39 is 11.6 Å². The molecule has 0 radical (unpaired) electrons. The fourth-order valence-electron chi connectivity index (χ4n) is 6.02. The molecule has 2 saturated heterocycles. The van der Waals surface area contributed by atoms with Gasteiger partial charge in [0.1, 0.15) is 11.6 Å². The molecule has 1 N–H and O–H groups in total. The number of halogens is 2. The molecule has 0 aliphatic carbocycles. The summed E-state index contributed by atoms with van der Waals surface area (Å²) in [4.78, 5) is 10.5. The maximum absolute atomic E-state index is 14.0. The van der Waals surface area contributed by atoms with Crippen LogP contribution in [0.2, 0.25) is 0 Å². The Labute approximate surface area is 213 Å². The molecule has 2 aromatic carbocycles. The number of aryl methyl sites for hydroxylation is 1. The summed E-state index contributed by atoms with van der Waals surface area (Å²) in [6, 6.07) is 9.07. The van der Waals surface area contributed by atoms with Gasteiger partial charge in [0.05, 0.1) is 17.7 Å². The number of anilines is 2. The van der Waals surface area contributed by atoms with Crippen LogP contribution in [0, 0.1) is 18.6 Å². The van der Waals surface area contributed by atoms with Crippen LogP contribution in [0.3, 0.4) is 0 Å². The quantitative estimate of drug-likeness (QED) is 0.488. The smallest absolute Gasteiger partial charge is 0.150 e. The SMILES string of the molecule is Cc1c(N2CCCN(CCCc3c[nH]c4c(F)cc(F)cc34)CC2)cccc1N1CC(C)OC(C)C1. The molecule has 2 unspecified atom stereocenters. The topological polar surface area (TPSA) is 34.7 Å². The summed E-state index contributed by atoms with van der Waals surface area (Å²) in [5.74, 6) is -1.05. The third-order valence-corrected chi connectivity index (χ3v) is 7.68. The largest absolute Gasteiger partial charge is 0.372 e. The highest BCUT2D eigenvalue weighted by Crippen LogP contribution is 2.32. The Hall–Kier alpha value is -2.64. The molecular formula is C29H38F2N4O. The predicted molar refractivity (Wildman–Crippen MR) is 143 cm³/mol. The Kier molecular flexibility index (Phi) is 7.49. The Morgan fingerprint density at radius 1 is 0.972 bits per heavy atom. The highest BCUT2D eigenvalue weighted by molar-refractivity contribution is 5.83. The molecule has 2 aliphatic heterocycles. The summed E-state index contributed by atoms with van der Waals surface area (Å²) >= 11 is 0. The van der Waals surface area contributed by atoms with Crippen LogP contribution in [0.4, 0.5) is 20.2 Å². The zero-order valence-corrected chi connectivity index (χ0v) is 21.7. The van der Waals surface area contributed by atoms with Crippen LogP contribution in [-0.4, -0.2) is 67.9 Å². The number of morpholine rings is 1. The monoisotopic (exact) mass is 496 g/mol. The summed E-state index contributed by atoms with van der Waals surface area (Å²) in [7, 11) is 0. The number of fused-ring (bicyclic) bond motifs is 1. The maximum atomic E-state index is 14.0. The van der Waals surface area contributed by atoms with Crippen LogP contribution in [0.25, 0.3) is 10.9 Å². The van der Waals surface area contributed by atoms with E-state index >= 15 is 0 Å². The second kappa shape index (κ2) is 10.8. The van der Waals surface area contributed by atoms with Gasteiger partial charge in [0.15, 0.2) is 0 Å². The second-order valence-corrected chi connectivity index (χ2v) is 10.5. The Balaban J connectivity index is 1.19. The first-order chi connectivity index (χ1) is 17.4. The molecule has 3 heterocycles. The van der Waals surface area contributed by atoms with Gasteiger partial charge >= 0.3 is 0 Å². The number of hydrogen-bond acceptors (Lipinski definition) is 4. The Morgan fingerprint density at radius 3 is 2.50 bits per heavy atom. The molecule has 2 atom stereocenters. The minimum absolute atomic E-state index is 0.242. The van der Waals surface area contributed by atoms with Gasteiger partial charge in [0, 0.05) is 61.7 Å². The van der Waals surface area contributed by atoms with Crippen LogP contribution in [-0.2, 0) is 11.2 Å². The van der Waals surface area contributed by atoms with Crippen molar-refractivity contribution >= 4 is 22.3 Å². The van der Waals surface area contributed by atoms with Gasteiger partial charge in [0.25, 0.3) is 0 Å². The van der Waals surface area contributed by atoms with Gasteiger partial charge in [-0.3, -0.25) is 0 Å². The van der Waals surface area contributed by atoms with E-state index in [1.807, 2.05) is 6.20 Å². The van der Waals surface area contributed by atoms with Gasteiger partial charge in [-0.25, -0.2) is 8.78 Å². The highest BCUT2D eigenvalue weighted by Gasteiger charge is 2.25. The van der Waals surface area contributed by atoms with E-state index in [9.17, 15) is 8.78 Å². The zero-order valence-electron chi connectivity index (χ0n) is 21.7.